The molecule has 0 amide bonds. The van der Waals surface area contributed by atoms with Crippen LogP contribution in [0.3, 0.4) is 0 Å². The van der Waals surface area contributed by atoms with Gasteiger partial charge in [-0.25, -0.2) is 26.8 Å². The van der Waals surface area contributed by atoms with Crippen LogP contribution in [-0.2, 0) is 6.54 Å². The first-order valence-corrected chi connectivity index (χ1v) is 10.9. The summed E-state index contributed by atoms with van der Waals surface area (Å²) in [5.41, 5.74) is 1.64. The fourth-order valence-electron chi connectivity index (χ4n) is 4.27. The van der Waals surface area contributed by atoms with Crippen LogP contribution in [0.25, 0.3) is 27.7 Å². The first-order valence-electron chi connectivity index (χ1n) is 12.4. The average Bonchev–Trinajstić information content (AvgIpc) is 3.38. The molecule has 0 radical (unpaired) electrons. The minimum absolute atomic E-state index is 0.0314. The van der Waals surface area contributed by atoms with Gasteiger partial charge >= 0.3 is 0 Å². The number of nitrogens with one attached hydrogen (secondary N) is 1. The van der Waals surface area contributed by atoms with Gasteiger partial charge in [0.25, 0.3) is 5.92 Å². The third-order valence-corrected chi connectivity index (χ3v) is 5.88. The van der Waals surface area contributed by atoms with Gasteiger partial charge in [-0.2, -0.15) is 4.98 Å². The number of halogens is 4. The van der Waals surface area contributed by atoms with Crippen molar-refractivity contribution >= 4 is 22.5 Å². The van der Waals surface area contributed by atoms with E-state index >= 15 is 4.39 Å². The molecule has 0 unspecified atom stereocenters. The van der Waals surface area contributed by atoms with Crippen LogP contribution >= 0.6 is 0 Å². The lowest BCUT2D eigenvalue weighted by molar-refractivity contribution is -0.0675. The smallest absolute Gasteiger partial charge is 0.280 e. The van der Waals surface area contributed by atoms with Gasteiger partial charge in [0, 0.05) is 10.7 Å². The standard InChI is InChI=1S/C22H24F4N8O/c1-12(23)9-33-16-8-13(4-5-15(16)29-31-33)18-14(24)10-34-19(18)20(35-3)28-21(30-34)27-17-6-7-32(2)11-22(17,25)26/h4-5,8,10,12,17H,6-7,9,11H2,1-3H3,(H,27,30)/t12-,17+/m0/s1/i2D3. The zero-order chi connectivity index (χ0) is 27.4. The molecule has 1 aromatic carbocycles. The number of fused-ring (bicyclic) bond motifs is 2. The summed E-state index contributed by atoms with van der Waals surface area (Å²) in [7, 11) is 1.30. The molecule has 1 aliphatic rings. The molecule has 2 atom stereocenters. The fourth-order valence-corrected chi connectivity index (χ4v) is 4.27. The van der Waals surface area contributed by atoms with Crippen molar-refractivity contribution in [1.82, 2.24) is 34.5 Å². The van der Waals surface area contributed by atoms with Crippen molar-refractivity contribution in [2.75, 3.05) is 32.5 Å². The minimum Gasteiger partial charge on any atom is -0.479 e. The van der Waals surface area contributed by atoms with Gasteiger partial charge in [-0.15, -0.1) is 10.2 Å². The average molecular weight is 495 g/mol. The molecule has 5 rings (SSSR count). The Hall–Kier alpha value is -3.48. The summed E-state index contributed by atoms with van der Waals surface area (Å²) < 4.78 is 88.5. The second kappa shape index (κ2) is 8.63. The summed E-state index contributed by atoms with van der Waals surface area (Å²) in [5, 5.41) is 14.7. The topological polar surface area (TPSA) is 85.4 Å². The molecule has 13 heteroatoms. The van der Waals surface area contributed by atoms with Crippen LogP contribution in [0, 0.1) is 5.82 Å². The molecule has 186 valence electrons. The highest BCUT2D eigenvalue weighted by Gasteiger charge is 2.44. The molecule has 35 heavy (non-hydrogen) atoms. The molecule has 3 aromatic heterocycles. The Morgan fingerprint density at radius 1 is 1.37 bits per heavy atom. The van der Waals surface area contributed by atoms with E-state index in [1.807, 2.05) is 0 Å². The minimum atomic E-state index is -3.39. The van der Waals surface area contributed by atoms with E-state index < -0.39 is 37.5 Å². The Balaban J connectivity index is 1.51. The van der Waals surface area contributed by atoms with Crippen molar-refractivity contribution in [3.8, 4) is 17.0 Å². The lowest BCUT2D eigenvalue weighted by atomic mass is 10.0. The molecule has 1 saturated heterocycles. The quantitative estimate of drug-likeness (QED) is 0.411. The molecule has 1 fully saturated rings. The Kier molecular flexibility index (Phi) is 4.88. The number of nitrogens with zero attached hydrogens (tertiary/aromatic N) is 7. The maximum absolute atomic E-state index is 15.3. The molecule has 0 saturated carbocycles. The van der Waals surface area contributed by atoms with Crippen LogP contribution in [0.5, 0.6) is 5.88 Å². The maximum Gasteiger partial charge on any atom is 0.280 e. The van der Waals surface area contributed by atoms with Crippen molar-refractivity contribution in [3.05, 3.63) is 30.2 Å². The summed E-state index contributed by atoms with van der Waals surface area (Å²) in [5.74, 6) is -4.39. The van der Waals surface area contributed by atoms with E-state index in [1.165, 1.54) is 18.7 Å². The van der Waals surface area contributed by atoms with E-state index in [4.69, 9.17) is 8.85 Å². The van der Waals surface area contributed by atoms with E-state index in [0.29, 0.717) is 16.6 Å². The third-order valence-electron chi connectivity index (χ3n) is 5.88. The Bertz CT molecular complexity index is 1490. The van der Waals surface area contributed by atoms with Crippen molar-refractivity contribution in [2.24, 2.45) is 0 Å². The highest BCUT2D eigenvalue weighted by atomic mass is 19.3. The molecule has 0 spiro atoms. The predicted octanol–water partition coefficient (Wildman–Crippen LogP) is 3.40. The number of rotatable bonds is 6. The second-order valence-electron chi connectivity index (χ2n) is 8.51. The van der Waals surface area contributed by atoms with Crippen molar-refractivity contribution in [3.63, 3.8) is 0 Å². The van der Waals surface area contributed by atoms with Gasteiger partial charge in [0.1, 0.15) is 17.2 Å². The van der Waals surface area contributed by atoms with Crippen LogP contribution < -0.4 is 10.1 Å². The summed E-state index contributed by atoms with van der Waals surface area (Å²) in [6.07, 6.45) is -0.290. The number of anilines is 1. The highest BCUT2D eigenvalue weighted by Crippen LogP contribution is 2.36. The van der Waals surface area contributed by atoms with Crippen molar-refractivity contribution in [2.45, 2.75) is 38.0 Å². The highest BCUT2D eigenvalue weighted by molar-refractivity contribution is 5.89. The SMILES string of the molecule is [2H]C([2H])([2H])N1CC[C@@H](Nc2nc(OC)c3c(-c4ccc5nnn(C[C@H](C)F)c5c4)c(F)cn3n2)C(F)(F)C1. The number of piperidine rings is 1. The monoisotopic (exact) mass is 495 g/mol. The van der Waals surface area contributed by atoms with Crippen molar-refractivity contribution < 1.29 is 26.4 Å². The van der Waals surface area contributed by atoms with E-state index in [1.54, 1.807) is 18.2 Å². The molecule has 1 aliphatic heterocycles. The van der Waals surface area contributed by atoms with Gasteiger partial charge in [-0.1, -0.05) is 11.3 Å². The number of likely N-dealkylation sites (tertiary alicyclic amines) is 1. The molecule has 1 N–H and O–H groups in total. The number of hydrogen-bond acceptors (Lipinski definition) is 7. The van der Waals surface area contributed by atoms with Gasteiger partial charge < -0.3 is 15.0 Å². The number of benzene rings is 1. The lowest BCUT2D eigenvalue weighted by Crippen LogP contribution is -2.53. The number of alkyl halides is 3. The molecule has 0 aliphatic carbocycles. The molecule has 4 heterocycles. The first-order chi connectivity index (χ1) is 17.9. The molecular weight excluding hydrogens is 468 g/mol. The van der Waals surface area contributed by atoms with Crippen LogP contribution in [-0.4, -0.2) is 79.8 Å². The molecule has 4 aromatic rings. The van der Waals surface area contributed by atoms with Gasteiger partial charge in [-0.05, 0) is 38.0 Å². The van der Waals surface area contributed by atoms with Crippen LogP contribution in [0.4, 0.5) is 23.5 Å². The van der Waals surface area contributed by atoms with Crippen LogP contribution in [0.15, 0.2) is 24.4 Å². The zero-order valence-corrected chi connectivity index (χ0v) is 18.8. The lowest BCUT2D eigenvalue weighted by Gasteiger charge is -2.36. The number of hydrogen-bond donors (Lipinski definition) is 1. The molecular formula is C22H24F4N8O. The summed E-state index contributed by atoms with van der Waals surface area (Å²) in [6.45, 7) is -2.32. The number of aromatic nitrogens is 6. The second-order valence-corrected chi connectivity index (χ2v) is 8.51. The van der Waals surface area contributed by atoms with Crippen LogP contribution in [0.2, 0.25) is 0 Å². The number of methoxy groups -OCH3 is 1. The van der Waals surface area contributed by atoms with Crippen LogP contribution in [0.1, 0.15) is 17.5 Å². The van der Waals surface area contributed by atoms with Gasteiger partial charge in [0.05, 0.1) is 43.5 Å². The summed E-state index contributed by atoms with van der Waals surface area (Å²) in [6, 6.07) is 3.40. The summed E-state index contributed by atoms with van der Waals surface area (Å²) >= 11 is 0. The molecule has 9 nitrogen and oxygen atoms in total. The van der Waals surface area contributed by atoms with E-state index in [9.17, 15) is 13.2 Å². The first kappa shape index (κ1) is 19.8. The Labute approximate surface area is 201 Å². The summed E-state index contributed by atoms with van der Waals surface area (Å²) in [4.78, 5) is 4.93. The predicted molar refractivity (Wildman–Crippen MR) is 121 cm³/mol. The maximum atomic E-state index is 15.3. The molecule has 0 bridgehead atoms. The van der Waals surface area contributed by atoms with Gasteiger partial charge in [0.15, 0.2) is 5.82 Å². The van der Waals surface area contributed by atoms with E-state index in [-0.39, 0.29) is 42.4 Å². The Morgan fingerprint density at radius 2 is 2.20 bits per heavy atom. The zero-order valence-electron chi connectivity index (χ0n) is 21.8. The number of ether oxygens (including phenoxy) is 1. The fraction of sp³-hybridized carbons (Fsp3) is 0.455. The normalized spacial score (nSPS) is 21.0. The third kappa shape index (κ3) is 4.24. The van der Waals surface area contributed by atoms with E-state index in [2.05, 4.69) is 25.7 Å². The largest absolute Gasteiger partial charge is 0.479 e. The van der Waals surface area contributed by atoms with E-state index in [0.717, 1.165) is 15.6 Å². The Morgan fingerprint density at radius 3 is 2.91 bits per heavy atom. The van der Waals surface area contributed by atoms with Gasteiger partial charge in [-0.3, -0.25) is 0 Å². The van der Waals surface area contributed by atoms with Crippen molar-refractivity contribution in [1.29, 1.82) is 0 Å². The van der Waals surface area contributed by atoms with Gasteiger partial charge in [0.2, 0.25) is 11.8 Å².